The van der Waals surface area contributed by atoms with Gasteiger partial charge in [-0.15, -0.1) is 0 Å². The van der Waals surface area contributed by atoms with Gasteiger partial charge in [-0.2, -0.15) is 0 Å². The maximum absolute atomic E-state index is 13.6. The van der Waals surface area contributed by atoms with Crippen LogP contribution in [-0.4, -0.2) is 39.1 Å². The number of nitrogens with one attached hydrogen (secondary N) is 1. The molecule has 0 radical (unpaired) electrons. The van der Waals surface area contributed by atoms with E-state index in [1.54, 1.807) is 6.07 Å². The Bertz CT molecular complexity index is 1060. The van der Waals surface area contributed by atoms with Crippen molar-refractivity contribution in [2.75, 3.05) is 13.2 Å². The van der Waals surface area contributed by atoms with Gasteiger partial charge in [-0.1, -0.05) is 11.2 Å². The summed E-state index contributed by atoms with van der Waals surface area (Å²) in [6.07, 6.45) is 0.522. The Morgan fingerprint density at radius 2 is 2.26 bits per heavy atom. The molecule has 0 fully saturated rings. The van der Waals surface area contributed by atoms with Gasteiger partial charge >= 0.3 is 5.76 Å². The lowest BCUT2D eigenvalue weighted by molar-refractivity contribution is -0.119. The first kappa shape index (κ1) is 16.9. The molecule has 0 saturated carbocycles. The molecule has 1 aliphatic carbocycles. The van der Waals surface area contributed by atoms with E-state index in [2.05, 4.69) is 20.8 Å². The number of carbonyl (C=O) groups is 1. The molecule has 4 rings (SSSR count). The number of ether oxygens (including phenoxy) is 1. The van der Waals surface area contributed by atoms with Gasteiger partial charge in [0.25, 0.3) is 5.88 Å². The van der Waals surface area contributed by atoms with Gasteiger partial charge in [-0.05, 0) is 40.0 Å². The number of benzene rings is 1. The van der Waals surface area contributed by atoms with Crippen LogP contribution >= 0.6 is 0 Å². The molecule has 0 spiro atoms. The van der Waals surface area contributed by atoms with Crippen LogP contribution in [0.15, 0.2) is 32.1 Å². The fraction of sp³-hybridized carbons (Fsp3) is 0.312. The fourth-order valence-corrected chi connectivity index (χ4v) is 2.95. The van der Waals surface area contributed by atoms with E-state index in [-0.39, 0.29) is 36.5 Å². The summed E-state index contributed by atoms with van der Waals surface area (Å²) in [5, 5.41) is 13.7. The second-order valence-corrected chi connectivity index (χ2v) is 5.95. The summed E-state index contributed by atoms with van der Waals surface area (Å²) >= 11 is 0. The quantitative estimate of drug-likeness (QED) is 0.624. The summed E-state index contributed by atoms with van der Waals surface area (Å²) in [6, 6.07) is 3.98. The van der Waals surface area contributed by atoms with Crippen LogP contribution in [0.2, 0.25) is 0 Å². The zero-order chi connectivity index (χ0) is 19.0. The van der Waals surface area contributed by atoms with Crippen molar-refractivity contribution in [2.24, 2.45) is 0 Å². The first-order valence-electron chi connectivity index (χ1n) is 8.11. The Hall–Kier alpha value is -3.50. The number of nitrogens with zero attached hydrogens (tertiary/aromatic N) is 4. The predicted molar refractivity (Wildman–Crippen MR) is 86.5 cm³/mol. The molecule has 1 atom stereocenters. The number of halogens is 1. The van der Waals surface area contributed by atoms with E-state index in [0.717, 1.165) is 5.56 Å². The van der Waals surface area contributed by atoms with E-state index in [4.69, 9.17) is 13.9 Å². The van der Waals surface area contributed by atoms with E-state index in [1.807, 2.05) is 0 Å². The van der Waals surface area contributed by atoms with Crippen LogP contribution in [0.4, 0.5) is 4.39 Å². The highest BCUT2D eigenvalue weighted by Crippen LogP contribution is 2.38. The summed E-state index contributed by atoms with van der Waals surface area (Å²) in [5.74, 6) is -1.23. The summed E-state index contributed by atoms with van der Waals surface area (Å²) in [7, 11) is 0. The molecule has 11 heteroatoms. The summed E-state index contributed by atoms with van der Waals surface area (Å²) in [6.45, 7) is 1.75. The molecule has 1 N–H and O–H groups in total. The van der Waals surface area contributed by atoms with Gasteiger partial charge in [-0.25, -0.2) is 18.4 Å². The maximum atomic E-state index is 13.6. The third kappa shape index (κ3) is 3.07. The second-order valence-electron chi connectivity index (χ2n) is 5.95. The van der Waals surface area contributed by atoms with Crippen molar-refractivity contribution >= 4 is 5.91 Å². The average molecular weight is 375 g/mol. The maximum Gasteiger partial charge on any atom is 0.442 e. The number of amides is 1. The zero-order valence-corrected chi connectivity index (χ0v) is 14.1. The molecule has 1 aromatic carbocycles. The monoisotopic (exact) mass is 375 g/mol. The minimum Gasteiger partial charge on any atom is -0.472 e. The molecule has 27 heavy (non-hydrogen) atoms. The van der Waals surface area contributed by atoms with Gasteiger partial charge in [0, 0.05) is 6.92 Å². The van der Waals surface area contributed by atoms with Gasteiger partial charge < -0.3 is 10.1 Å². The molecular formula is C16H14FN5O5. The van der Waals surface area contributed by atoms with E-state index in [9.17, 15) is 14.0 Å². The molecular weight excluding hydrogens is 361 g/mol. The molecule has 0 unspecified atom stereocenters. The highest BCUT2D eigenvalue weighted by Gasteiger charge is 2.34. The van der Waals surface area contributed by atoms with Crippen LogP contribution in [0.3, 0.4) is 0 Å². The molecule has 2 heterocycles. The van der Waals surface area contributed by atoms with Crippen LogP contribution in [0.5, 0.6) is 5.88 Å². The molecule has 0 aliphatic heterocycles. The Balaban J connectivity index is 1.61. The number of rotatable bonds is 6. The van der Waals surface area contributed by atoms with Crippen LogP contribution in [0.25, 0.3) is 11.5 Å². The number of fused-ring (bicyclic) bond motifs is 1. The summed E-state index contributed by atoms with van der Waals surface area (Å²) in [5.41, 5.74) is 1.69. The lowest BCUT2D eigenvalue weighted by Gasteiger charge is -2.30. The summed E-state index contributed by atoms with van der Waals surface area (Å²) in [4.78, 5) is 23.1. The number of hydrogen-bond acceptors (Lipinski definition) is 8. The van der Waals surface area contributed by atoms with Crippen molar-refractivity contribution in [3.05, 3.63) is 45.7 Å². The Morgan fingerprint density at radius 3 is 3.07 bits per heavy atom. The lowest BCUT2D eigenvalue weighted by atomic mass is 9.83. The van der Waals surface area contributed by atoms with E-state index in [1.165, 1.54) is 23.6 Å². The minimum atomic E-state index is -0.711. The molecule has 0 saturated heterocycles. The van der Waals surface area contributed by atoms with Crippen LogP contribution in [0, 0.1) is 5.82 Å². The lowest BCUT2D eigenvalue weighted by Crippen LogP contribution is -2.31. The highest BCUT2D eigenvalue weighted by atomic mass is 19.1. The largest absolute Gasteiger partial charge is 0.472 e. The third-order valence-corrected chi connectivity index (χ3v) is 4.21. The van der Waals surface area contributed by atoms with E-state index >= 15 is 0 Å². The number of aromatic nitrogens is 4. The normalized spacial score (nSPS) is 15.1. The topological polar surface area (TPSA) is 125 Å². The first-order valence-corrected chi connectivity index (χ1v) is 8.11. The molecule has 2 aromatic heterocycles. The van der Waals surface area contributed by atoms with Crippen molar-refractivity contribution in [1.82, 2.24) is 25.4 Å². The standard InChI is InChI=1S/C16H14FN5O5/c1-8(23)18-4-5-25-15-13(19-27-21-15)14-20-26-16(24)22(14)12-6-9-2-3-10(17)7-11(9)12/h2-3,7,12H,4-6H2,1H3,(H,18,23)/t12-/m0/s1. The Labute approximate surface area is 150 Å². The van der Waals surface area contributed by atoms with Gasteiger partial charge in [0.2, 0.25) is 17.4 Å². The molecule has 1 aliphatic rings. The molecule has 3 aromatic rings. The molecule has 0 bridgehead atoms. The van der Waals surface area contributed by atoms with Crippen LogP contribution in [-0.2, 0) is 11.2 Å². The highest BCUT2D eigenvalue weighted by molar-refractivity contribution is 5.72. The Kier molecular flexibility index (Phi) is 4.18. The van der Waals surface area contributed by atoms with Crippen LogP contribution < -0.4 is 15.8 Å². The van der Waals surface area contributed by atoms with Gasteiger partial charge in [-0.3, -0.25) is 9.32 Å². The summed E-state index contributed by atoms with van der Waals surface area (Å²) < 4.78 is 29.7. The van der Waals surface area contributed by atoms with Gasteiger partial charge in [0.15, 0.2) is 0 Å². The van der Waals surface area contributed by atoms with Gasteiger partial charge in [0.1, 0.15) is 12.4 Å². The smallest absolute Gasteiger partial charge is 0.442 e. The zero-order valence-electron chi connectivity index (χ0n) is 14.1. The SMILES string of the molecule is CC(=O)NCCOc1nonc1-c1noc(=O)n1[C@H]1Cc2ccc(F)cc21. The van der Waals surface area contributed by atoms with Crippen molar-refractivity contribution in [1.29, 1.82) is 0 Å². The fourth-order valence-electron chi connectivity index (χ4n) is 2.95. The number of hydrogen-bond donors (Lipinski definition) is 1. The Morgan fingerprint density at radius 1 is 1.41 bits per heavy atom. The van der Waals surface area contributed by atoms with Crippen molar-refractivity contribution < 1.29 is 23.1 Å². The van der Waals surface area contributed by atoms with Crippen molar-refractivity contribution in [2.45, 2.75) is 19.4 Å². The minimum absolute atomic E-state index is 0.00110. The first-order chi connectivity index (χ1) is 13.0. The average Bonchev–Trinajstić information content (AvgIpc) is 3.21. The van der Waals surface area contributed by atoms with E-state index in [0.29, 0.717) is 12.0 Å². The second kappa shape index (κ2) is 6.67. The van der Waals surface area contributed by atoms with E-state index < -0.39 is 17.6 Å². The molecule has 1 amide bonds. The van der Waals surface area contributed by atoms with Crippen LogP contribution in [0.1, 0.15) is 24.1 Å². The predicted octanol–water partition coefficient (Wildman–Crippen LogP) is 0.686. The van der Waals surface area contributed by atoms with Gasteiger partial charge in [0.05, 0.1) is 12.6 Å². The molecule has 10 nitrogen and oxygen atoms in total. The third-order valence-electron chi connectivity index (χ3n) is 4.21. The molecule has 140 valence electrons. The van der Waals surface area contributed by atoms with Crippen molar-refractivity contribution in [3.8, 4) is 17.4 Å². The van der Waals surface area contributed by atoms with Crippen molar-refractivity contribution in [3.63, 3.8) is 0 Å². The number of carbonyl (C=O) groups excluding carboxylic acids is 1.